The van der Waals surface area contributed by atoms with Crippen LogP contribution in [0.3, 0.4) is 0 Å². The molecule has 194 valence electrons. The van der Waals surface area contributed by atoms with Gasteiger partial charge in [0, 0.05) is 29.1 Å². The minimum absolute atomic E-state index is 0.173. The van der Waals surface area contributed by atoms with Crippen molar-refractivity contribution in [2.45, 2.75) is 30.1 Å². The summed E-state index contributed by atoms with van der Waals surface area (Å²) in [7, 11) is 1.52. The van der Waals surface area contributed by atoms with E-state index in [9.17, 15) is 9.59 Å². The highest BCUT2D eigenvalue weighted by molar-refractivity contribution is 7.99. The van der Waals surface area contributed by atoms with Crippen LogP contribution in [-0.2, 0) is 9.53 Å². The van der Waals surface area contributed by atoms with E-state index in [1.54, 1.807) is 68.7 Å². The van der Waals surface area contributed by atoms with E-state index < -0.39 is 12.0 Å². The summed E-state index contributed by atoms with van der Waals surface area (Å²) < 4.78 is 18.7. The van der Waals surface area contributed by atoms with E-state index in [0.29, 0.717) is 47.4 Å². The number of nitrogens with zero attached hydrogens (tertiary/aromatic N) is 4. The van der Waals surface area contributed by atoms with E-state index in [1.165, 1.54) is 34.8 Å². The minimum Gasteiger partial charge on any atom is -0.496 e. The number of hydrogen-bond donors (Lipinski definition) is 0. The van der Waals surface area contributed by atoms with Gasteiger partial charge < -0.3 is 13.9 Å². The lowest BCUT2D eigenvalue weighted by molar-refractivity contribution is -0.139. The molecule has 4 heterocycles. The molecule has 0 saturated heterocycles. The van der Waals surface area contributed by atoms with Crippen molar-refractivity contribution in [2.24, 2.45) is 4.99 Å². The average molecular weight is 569 g/mol. The molecule has 0 unspecified atom stereocenters. The Labute approximate surface area is 230 Å². The van der Waals surface area contributed by atoms with Gasteiger partial charge in [0.05, 0.1) is 29.5 Å². The third-order valence-electron chi connectivity index (χ3n) is 5.61. The number of allylic oxidation sites excluding steroid dienone is 1. The third kappa shape index (κ3) is 5.04. The van der Waals surface area contributed by atoms with Crippen molar-refractivity contribution < 1.29 is 18.7 Å². The number of furan rings is 1. The van der Waals surface area contributed by atoms with E-state index in [4.69, 9.17) is 25.5 Å². The molecule has 0 spiro atoms. The smallest absolute Gasteiger partial charge is 0.338 e. The molecule has 0 bridgehead atoms. The van der Waals surface area contributed by atoms with Crippen molar-refractivity contribution in [2.75, 3.05) is 13.7 Å². The minimum atomic E-state index is -0.848. The molecule has 3 aromatic heterocycles. The highest BCUT2D eigenvalue weighted by Gasteiger charge is 2.35. The van der Waals surface area contributed by atoms with E-state index >= 15 is 0 Å². The van der Waals surface area contributed by atoms with Gasteiger partial charge in [-0.1, -0.05) is 22.9 Å². The monoisotopic (exact) mass is 568 g/mol. The number of rotatable bonds is 7. The number of esters is 1. The first-order valence-electron chi connectivity index (χ1n) is 11.5. The molecule has 1 atom stereocenters. The summed E-state index contributed by atoms with van der Waals surface area (Å²) in [5, 5.41) is 1.56. The maximum atomic E-state index is 13.8. The summed E-state index contributed by atoms with van der Waals surface area (Å²) >= 11 is 8.80. The summed E-state index contributed by atoms with van der Waals surface area (Å²) in [6.45, 7) is 3.61. The van der Waals surface area contributed by atoms with Crippen LogP contribution < -0.4 is 19.6 Å². The summed E-state index contributed by atoms with van der Waals surface area (Å²) in [6, 6.07) is 9.49. The van der Waals surface area contributed by atoms with Gasteiger partial charge in [-0.15, -0.1) is 0 Å². The van der Waals surface area contributed by atoms with Gasteiger partial charge in [0.1, 0.15) is 17.6 Å². The number of carbonyl (C=O) groups is 1. The number of hydrogen-bond acceptors (Lipinski definition) is 10. The quantitative estimate of drug-likeness (QED) is 0.243. The van der Waals surface area contributed by atoms with Gasteiger partial charge in [0.2, 0.25) is 0 Å². The van der Waals surface area contributed by atoms with Crippen LogP contribution >= 0.6 is 34.7 Å². The van der Waals surface area contributed by atoms with Crippen molar-refractivity contribution in [1.82, 2.24) is 14.5 Å². The van der Waals surface area contributed by atoms with E-state index in [-0.39, 0.29) is 17.7 Å². The van der Waals surface area contributed by atoms with Crippen molar-refractivity contribution >= 4 is 46.7 Å². The fourth-order valence-corrected chi connectivity index (χ4v) is 5.92. The topological polar surface area (TPSA) is 109 Å². The Balaban J connectivity index is 1.63. The largest absolute Gasteiger partial charge is 0.496 e. The Bertz CT molecular complexity index is 1730. The molecule has 12 heteroatoms. The second kappa shape index (κ2) is 11.0. The number of ether oxygens (including phenoxy) is 2. The fraction of sp³-hybridized carbons (Fsp3) is 0.192. The molecule has 0 aliphatic carbocycles. The van der Waals surface area contributed by atoms with Crippen LogP contribution in [0.4, 0.5) is 0 Å². The first-order chi connectivity index (χ1) is 18.4. The summed E-state index contributed by atoms with van der Waals surface area (Å²) in [6.07, 6.45) is 4.95. The molecule has 1 aromatic carbocycles. The van der Waals surface area contributed by atoms with E-state index in [2.05, 4.69) is 15.0 Å². The zero-order chi connectivity index (χ0) is 26.8. The molecule has 0 N–H and O–H groups in total. The summed E-state index contributed by atoms with van der Waals surface area (Å²) in [4.78, 5) is 40.2. The number of benzene rings is 1. The van der Waals surface area contributed by atoms with Crippen molar-refractivity contribution in [1.29, 1.82) is 0 Å². The predicted octanol–water partition coefficient (Wildman–Crippen LogP) is 3.99. The fourth-order valence-electron chi connectivity index (χ4n) is 4.03. The highest BCUT2D eigenvalue weighted by atomic mass is 35.5. The number of carbonyl (C=O) groups excluding carboxylic acids is 1. The molecule has 0 fully saturated rings. The molecule has 0 saturated carbocycles. The van der Waals surface area contributed by atoms with Gasteiger partial charge in [0.25, 0.3) is 5.56 Å². The Morgan fingerprint density at radius 2 is 2.05 bits per heavy atom. The molecule has 1 aliphatic rings. The number of aromatic nitrogens is 3. The Morgan fingerprint density at radius 3 is 2.79 bits per heavy atom. The maximum Gasteiger partial charge on any atom is 0.338 e. The number of thiazole rings is 1. The normalized spacial score (nSPS) is 15.3. The summed E-state index contributed by atoms with van der Waals surface area (Å²) in [5.41, 5.74) is 0.894. The van der Waals surface area contributed by atoms with Crippen molar-refractivity contribution in [3.63, 3.8) is 0 Å². The SMILES string of the molecule is CCOC(=O)C1=C(C)N=c2s/c(=C\c3ccc(Sc4ncccn4)o3)c(=O)n2[C@H]1c1cc(Cl)ccc1OC. The average Bonchev–Trinajstić information content (AvgIpc) is 3.47. The molecular weight excluding hydrogens is 548 g/mol. The Hall–Kier alpha value is -3.67. The first kappa shape index (κ1) is 26.0. The summed E-state index contributed by atoms with van der Waals surface area (Å²) in [5.74, 6) is 0.388. The van der Waals surface area contributed by atoms with Gasteiger partial charge in [0.15, 0.2) is 15.1 Å². The second-order valence-electron chi connectivity index (χ2n) is 7.98. The van der Waals surface area contributed by atoms with Gasteiger partial charge in [-0.3, -0.25) is 9.36 Å². The number of methoxy groups -OCH3 is 1. The third-order valence-corrected chi connectivity index (χ3v) is 7.64. The van der Waals surface area contributed by atoms with Gasteiger partial charge >= 0.3 is 5.97 Å². The maximum absolute atomic E-state index is 13.8. The molecule has 4 aromatic rings. The van der Waals surface area contributed by atoms with Crippen molar-refractivity contribution in [3.8, 4) is 5.75 Å². The molecule has 38 heavy (non-hydrogen) atoms. The molecular formula is C26H21ClN4O5S2. The molecule has 0 amide bonds. The zero-order valence-electron chi connectivity index (χ0n) is 20.5. The van der Waals surface area contributed by atoms with Crippen LogP contribution in [0.5, 0.6) is 5.75 Å². The lowest BCUT2D eigenvalue weighted by atomic mass is 9.95. The van der Waals surface area contributed by atoms with Gasteiger partial charge in [-0.2, -0.15) is 0 Å². The highest BCUT2D eigenvalue weighted by Crippen LogP contribution is 2.37. The first-order valence-corrected chi connectivity index (χ1v) is 13.5. The van der Waals surface area contributed by atoms with Crippen LogP contribution in [0.1, 0.15) is 31.2 Å². The van der Waals surface area contributed by atoms with Gasteiger partial charge in [-0.25, -0.2) is 19.8 Å². The number of halogens is 1. The van der Waals surface area contributed by atoms with E-state index in [0.717, 1.165) is 0 Å². The van der Waals surface area contributed by atoms with Crippen LogP contribution in [0.15, 0.2) is 84.5 Å². The molecule has 9 nitrogen and oxygen atoms in total. The lowest BCUT2D eigenvalue weighted by Gasteiger charge is -2.26. The molecule has 0 radical (unpaired) electrons. The number of fused-ring (bicyclic) bond motifs is 1. The van der Waals surface area contributed by atoms with Crippen LogP contribution in [0.2, 0.25) is 5.02 Å². The Morgan fingerprint density at radius 1 is 1.26 bits per heavy atom. The van der Waals surface area contributed by atoms with Crippen LogP contribution in [0, 0.1) is 0 Å². The van der Waals surface area contributed by atoms with Crippen LogP contribution in [-0.4, -0.2) is 34.2 Å². The van der Waals surface area contributed by atoms with Gasteiger partial charge in [-0.05, 0) is 62.0 Å². The van der Waals surface area contributed by atoms with Crippen LogP contribution in [0.25, 0.3) is 6.08 Å². The second-order valence-corrected chi connectivity index (χ2v) is 10.4. The Kier molecular flexibility index (Phi) is 7.50. The predicted molar refractivity (Wildman–Crippen MR) is 143 cm³/mol. The van der Waals surface area contributed by atoms with Crippen molar-refractivity contribution in [3.05, 3.63) is 96.1 Å². The molecule has 1 aliphatic heterocycles. The zero-order valence-corrected chi connectivity index (χ0v) is 22.9. The molecule has 5 rings (SSSR count). The lowest BCUT2D eigenvalue weighted by Crippen LogP contribution is -2.40. The standard InChI is InChI=1S/C26H21ClN4O5S2/c1-4-35-24(33)21-14(2)30-26-31(22(21)17-12-15(27)6-8-18(17)34-3)23(32)19(37-26)13-16-7-9-20(36-16)38-25-28-10-5-11-29-25/h5-13,22H,4H2,1-3H3/b19-13-/t22-/m0/s1. The van der Waals surface area contributed by atoms with E-state index in [1.807, 2.05) is 0 Å².